The second-order valence-corrected chi connectivity index (χ2v) is 6.02. The highest BCUT2D eigenvalue weighted by Gasteiger charge is 2.28. The molecule has 1 aliphatic heterocycles. The van der Waals surface area contributed by atoms with Crippen molar-refractivity contribution in [2.24, 2.45) is 0 Å². The first-order valence-corrected chi connectivity index (χ1v) is 7.80. The Kier molecular flexibility index (Phi) is 3.39. The number of benzene rings is 1. The summed E-state index contributed by atoms with van der Waals surface area (Å²) < 4.78 is 21.7. The number of ether oxygens (including phenoxy) is 1. The van der Waals surface area contributed by atoms with Crippen LogP contribution in [0.4, 0.5) is 4.39 Å². The van der Waals surface area contributed by atoms with Gasteiger partial charge in [0.1, 0.15) is 18.2 Å². The monoisotopic (exact) mass is 289 g/mol. The molecule has 1 saturated heterocycles. The van der Waals surface area contributed by atoms with Gasteiger partial charge in [-0.15, -0.1) is 0 Å². The highest BCUT2D eigenvalue weighted by atomic mass is 19.1. The minimum atomic E-state index is -0.199. The Labute approximate surface area is 123 Å². The van der Waals surface area contributed by atoms with Crippen LogP contribution in [0.1, 0.15) is 37.5 Å². The number of halogens is 1. The van der Waals surface area contributed by atoms with E-state index in [1.165, 1.54) is 6.07 Å². The van der Waals surface area contributed by atoms with Gasteiger partial charge in [-0.25, -0.2) is 9.37 Å². The number of hydrogen-bond donors (Lipinski definition) is 1. The Morgan fingerprint density at radius 3 is 2.81 bits per heavy atom. The van der Waals surface area contributed by atoms with Crippen molar-refractivity contribution in [3.05, 3.63) is 29.8 Å². The van der Waals surface area contributed by atoms with Crippen LogP contribution < -0.4 is 5.32 Å². The van der Waals surface area contributed by atoms with Gasteiger partial charge in [0.15, 0.2) is 0 Å². The van der Waals surface area contributed by atoms with E-state index in [0.29, 0.717) is 18.8 Å². The predicted molar refractivity (Wildman–Crippen MR) is 78.6 cm³/mol. The molecule has 1 aliphatic carbocycles. The van der Waals surface area contributed by atoms with E-state index >= 15 is 0 Å². The fourth-order valence-corrected chi connectivity index (χ4v) is 3.11. The number of fused-ring (bicyclic) bond motifs is 1. The van der Waals surface area contributed by atoms with Gasteiger partial charge in [0.2, 0.25) is 0 Å². The standard InChI is InChI=1S/C16H20FN3O/c17-11-1-4-14-15(9-11)20(12-2-3-12)16(19-14)10-21-13-5-7-18-8-6-13/h1,4,9,12-13,18H,2-3,5-8,10H2. The fraction of sp³-hybridized carbons (Fsp3) is 0.562. The van der Waals surface area contributed by atoms with Gasteiger partial charge in [-0.3, -0.25) is 0 Å². The zero-order valence-corrected chi connectivity index (χ0v) is 12.0. The Balaban J connectivity index is 1.59. The zero-order chi connectivity index (χ0) is 14.2. The van der Waals surface area contributed by atoms with Gasteiger partial charge in [-0.2, -0.15) is 0 Å². The highest BCUT2D eigenvalue weighted by molar-refractivity contribution is 5.76. The molecular formula is C16H20FN3O. The average molecular weight is 289 g/mol. The van der Waals surface area contributed by atoms with Gasteiger partial charge < -0.3 is 14.6 Å². The molecule has 4 rings (SSSR count). The summed E-state index contributed by atoms with van der Waals surface area (Å²) in [5, 5.41) is 3.34. The van der Waals surface area contributed by atoms with E-state index in [9.17, 15) is 4.39 Å². The molecule has 21 heavy (non-hydrogen) atoms. The third kappa shape index (κ3) is 2.68. The second kappa shape index (κ2) is 5.39. The van der Waals surface area contributed by atoms with E-state index in [1.807, 2.05) is 0 Å². The molecular weight excluding hydrogens is 269 g/mol. The molecule has 1 saturated carbocycles. The quantitative estimate of drug-likeness (QED) is 0.940. The zero-order valence-electron chi connectivity index (χ0n) is 12.0. The normalized spacial score (nSPS) is 20.2. The van der Waals surface area contributed by atoms with Crippen molar-refractivity contribution < 1.29 is 9.13 Å². The Bertz CT molecular complexity index is 644. The van der Waals surface area contributed by atoms with Crippen molar-refractivity contribution >= 4 is 11.0 Å². The van der Waals surface area contributed by atoms with Crippen LogP contribution in [0.5, 0.6) is 0 Å². The largest absolute Gasteiger partial charge is 0.370 e. The van der Waals surface area contributed by atoms with E-state index in [4.69, 9.17) is 4.74 Å². The van der Waals surface area contributed by atoms with Gasteiger partial charge in [-0.05, 0) is 57.0 Å². The molecule has 1 aromatic heterocycles. The number of nitrogens with one attached hydrogen (secondary N) is 1. The molecule has 112 valence electrons. The maximum absolute atomic E-state index is 13.5. The summed E-state index contributed by atoms with van der Waals surface area (Å²) in [5.41, 5.74) is 1.77. The lowest BCUT2D eigenvalue weighted by Gasteiger charge is -2.23. The van der Waals surface area contributed by atoms with Crippen molar-refractivity contribution in [2.45, 2.75) is 44.4 Å². The van der Waals surface area contributed by atoms with Gasteiger partial charge in [0, 0.05) is 6.04 Å². The van der Waals surface area contributed by atoms with Crippen molar-refractivity contribution in [1.82, 2.24) is 14.9 Å². The highest BCUT2D eigenvalue weighted by Crippen LogP contribution is 2.39. The molecule has 5 heteroatoms. The van der Waals surface area contributed by atoms with Crippen molar-refractivity contribution in [1.29, 1.82) is 0 Å². The molecule has 0 atom stereocenters. The second-order valence-electron chi connectivity index (χ2n) is 6.02. The van der Waals surface area contributed by atoms with Crippen LogP contribution in [0.3, 0.4) is 0 Å². The van der Waals surface area contributed by atoms with Crippen LogP contribution in [-0.4, -0.2) is 28.7 Å². The van der Waals surface area contributed by atoms with Crippen LogP contribution in [0.15, 0.2) is 18.2 Å². The Morgan fingerprint density at radius 2 is 2.05 bits per heavy atom. The van der Waals surface area contributed by atoms with Crippen LogP contribution in [0.2, 0.25) is 0 Å². The Hall–Kier alpha value is -1.46. The number of imidazole rings is 1. The first-order chi connectivity index (χ1) is 10.3. The van der Waals surface area contributed by atoms with Crippen LogP contribution in [0.25, 0.3) is 11.0 Å². The maximum atomic E-state index is 13.5. The summed E-state index contributed by atoms with van der Waals surface area (Å²) in [5.74, 6) is 0.742. The number of piperidine rings is 1. The van der Waals surface area contributed by atoms with Gasteiger partial charge in [0.05, 0.1) is 17.1 Å². The maximum Gasteiger partial charge on any atom is 0.136 e. The molecule has 4 nitrogen and oxygen atoms in total. The lowest BCUT2D eigenvalue weighted by molar-refractivity contribution is 0.0166. The molecule has 2 aliphatic rings. The average Bonchev–Trinajstić information content (AvgIpc) is 3.28. The van der Waals surface area contributed by atoms with Crippen molar-refractivity contribution in [3.63, 3.8) is 0 Å². The summed E-state index contributed by atoms with van der Waals surface area (Å²) in [7, 11) is 0. The molecule has 2 aromatic rings. The summed E-state index contributed by atoms with van der Waals surface area (Å²) in [6.45, 7) is 2.57. The van der Waals surface area contributed by atoms with Gasteiger partial charge in [-0.1, -0.05) is 0 Å². The molecule has 0 bridgehead atoms. The first kappa shape index (κ1) is 13.2. The summed E-state index contributed by atoms with van der Waals surface area (Å²) in [6, 6.07) is 5.31. The smallest absolute Gasteiger partial charge is 0.136 e. The number of rotatable bonds is 4. The topological polar surface area (TPSA) is 39.1 Å². The predicted octanol–water partition coefficient (Wildman–Crippen LogP) is 2.78. The molecule has 0 unspecified atom stereocenters. The number of nitrogens with zero attached hydrogens (tertiary/aromatic N) is 2. The molecule has 0 spiro atoms. The van der Waals surface area contributed by atoms with E-state index in [2.05, 4.69) is 14.9 Å². The minimum Gasteiger partial charge on any atom is -0.370 e. The summed E-state index contributed by atoms with van der Waals surface area (Å²) >= 11 is 0. The van der Waals surface area contributed by atoms with Gasteiger partial charge >= 0.3 is 0 Å². The number of aromatic nitrogens is 2. The minimum absolute atomic E-state index is 0.199. The van der Waals surface area contributed by atoms with E-state index < -0.39 is 0 Å². The third-order valence-corrected chi connectivity index (χ3v) is 4.37. The fourth-order valence-electron chi connectivity index (χ4n) is 3.11. The molecule has 2 fully saturated rings. The first-order valence-electron chi connectivity index (χ1n) is 7.80. The third-order valence-electron chi connectivity index (χ3n) is 4.37. The molecule has 1 N–H and O–H groups in total. The van der Waals surface area contributed by atoms with Gasteiger partial charge in [0.25, 0.3) is 0 Å². The summed E-state index contributed by atoms with van der Waals surface area (Å²) in [4.78, 5) is 4.66. The van der Waals surface area contributed by atoms with Crippen molar-refractivity contribution in [3.8, 4) is 0 Å². The van der Waals surface area contributed by atoms with E-state index in [-0.39, 0.29) is 5.82 Å². The van der Waals surface area contributed by atoms with Crippen LogP contribution in [-0.2, 0) is 11.3 Å². The number of hydrogen-bond acceptors (Lipinski definition) is 3. The lowest BCUT2D eigenvalue weighted by atomic mass is 10.1. The van der Waals surface area contributed by atoms with Crippen LogP contribution >= 0.6 is 0 Å². The van der Waals surface area contributed by atoms with Crippen molar-refractivity contribution in [2.75, 3.05) is 13.1 Å². The van der Waals surface area contributed by atoms with E-state index in [0.717, 1.165) is 55.6 Å². The molecule has 0 amide bonds. The van der Waals surface area contributed by atoms with E-state index in [1.54, 1.807) is 12.1 Å². The van der Waals surface area contributed by atoms with Crippen LogP contribution in [0, 0.1) is 5.82 Å². The molecule has 1 aromatic carbocycles. The molecule has 2 heterocycles. The summed E-state index contributed by atoms with van der Waals surface area (Å²) in [6.07, 6.45) is 4.73. The Morgan fingerprint density at radius 1 is 1.24 bits per heavy atom. The lowest BCUT2D eigenvalue weighted by Crippen LogP contribution is -2.32. The SMILES string of the molecule is Fc1ccc2nc(COC3CCNCC3)n(C3CC3)c2c1. The molecule has 0 radical (unpaired) electrons.